The van der Waals surface area contributed by atoms with Crippen LogP contribution >= 0.6 is 11.6 Å². The normalized spacial score (nSPS) is 9.82. The van der Waals surface area contributed by atoms with E-state index in [-0.39, 0.29) is 11.4 Å². The maximum Gasteiger partial charge on any atom is 0.336 e. The van der Waals surface area contributed by atoms with Crippen molar-refractivity contribution in [1.82, 2.24) is 0 Å². The molecule has 0 aromatic heterocycles. The van der Waals surface area contributed by atoms with Gasteiger partial charge in [0.05, 0.1) is 17.0 Å². The second-order valence-electron chi connectivity index (χ2n) is 2.80. The first-order valence-electron chi connectivity index (χ1n) is 4.09. The molecule has 3 N–H and O–H groups in total. The molecule has 1 aromatic carbocycles. The Morgan fingerprint density at radius 3 is 2.24 bits per heavy atom. The maximum atomic E-state index is 10.7. The van der Waals surface area contributed by atoms with E-state index in [1.165, 1.54) is 7.11 Å². The number of halogens is 1. The Morgan fingerprint density at radius 2 is 1.88 bits per heavy atom. The van der Waals surface area contributed by atoms with Gasteiger partial charge in [0, 0.05) is 6.07 Å². The van der Waals surface area contributed by atoms with E-state index < -0.39 is 26.2 Å². The number of nitro groups is 2. The monoisotopic (exact) mass is 262 g/mol. The summed E-state index contributed by atoms with van der Waals surface area (Å²) in [6.45, 7) is 0. The Hall–Kier alpha value is -2.13. The minimum absolute atomic E-state index is 0.178. The van der Waals surface area contributed by atoms with Gasteiger partial charge in [0.1, 0.15) is 5.69 Å². The molecule has 0 unspecified atom stereocenters. The van der Waals surface area contributed by atoms with Gasteiger partial charge in [-0.1, -0.05) is 11.6 Å². The largest absolute Gasteiger partial charge is 0.490 e. The molecule has 0 saturated heterocycles. The summed E-state index contributed by atoms with van der Waals surface area (Å²) in [4.78, 5) is 19.7. The molecule has 9 nitrogen and oxygen atoms in total. The lowest BCUT2D eigenvalue weighted by Gasteiger charge is -2.07. The molecule has 0 heterocycles. The summed E-state index contributed by atoms with van der Waals surface area (Å²) >= 11 is 5.61. The summed E-state index contributed by atoms with van der Waals surface area (Å²) in [7, 11) is 1.17. The average Bonchev–Trinajstić information content (AvgIpc) is 2.26. The quantitative estimate of drug-likeness (QED) is 0.476. The molecule has 0 atom stereocenters. The molecule has 0 aliphatic heterocycles. The number of hydrogen-bond acceptors (Lipinski definition) is 7. The van der Waals surface area contributed by atoms with Crippen molar-refractivity contribution in [3.05, 3.63) is 31.3 Å². The van der Waals surface area contributed by atoms with Crippen molar-refractivity contribution < 1.29 is 14.6 Å². The van der Waals surface area contributed by atoms with Crippen LogP contribution in [0, 0.1) is 20.2 Å². The fourth-order valence-corrected chi connectivity index (χ4v) is 1.55. The van der Waals surface area contributed by atoms with Crippen LogP contribution in [0.3, 0.4) is 0 Å². The van der Waals surface area contributed by atoms with E-state index in [1.54, 1.807) is 0 Å². The van der Waals surface area contributed by atoms with Gasteiger partial charge >= 0.3 is 11.4 Å². The van der Waals surface area contributed by atoms with Crippen LogP contribution in [0.5, 0.6) is 5.75 Å². The number of anilines is 1. The van der Waals surface area contributed by atoms with E-state index in [2.05, 4.69) is 0 Å². The molecule has 0 spiro atoms. The highest BCUT2D eigenvalue weighted by atomic mass is 35.5. The molecule has 0 aliphatic rings. The van der Waals surface area contributed by atoms with E-state index >= 15 is 0 Å². The van der Waals surface area contributed by atoms with E-state index in [0.29, 0.717) is 0 Å². The van der Waals surface area contributed by atoms with Crippen molar-refractivity contribution in [2.45, 2.75) is 0 Å². The third-order valence-corrected chi connectivity index (χ3v) is 2.28. The van der Waals surface area contributed by atoms with Crippen molar-refractivity contribution >= 4 is 28.7 Å². The molecule has 92 valence electrons. The molecule has 17 heavy (non-hydrogen) atoms. The molecule has 1 aromatic rings. The lowest BCUT2D eigenvalue weighted by Crippen LogP contribution is -2.10. The van der Waals surface area contributed by atoms with Crippen molar-refractivity contribution in [1.29, 1.82) is 0 Å². The Balaban J connectivity index is 3.67. The van der Waals surface area contributed by atoms with Crippen LogP contribution in [0.1, 0.15) is 0 Å². The van der Waals surface area contributed by atoms with Crippen molar-refractivity contribution in [3.63, 3.8) is 0 Å². The number of nitro benzene ring substituents is 2. The highest BCUT2D eigenvalue weighted by Crippen LogP contribution is 2.45. The third kappa shape index (κ3) is 2.19. The highest BCUT2D eigenvalue weighted by molar-refractivity contribution is 6.35. The van der Waals surface area contributed by atoms with Gasteiger partial charge in [-0.2, -0.15) is 0 Å². The number of rotatable bonds is 4. The molecular formula is C7H7ClN4O5. The molecule has 0 saturated carbocycles. The van der Waals surface area contributed by atoms with E-state index in [0.717, 1.165) is 6.07 Å². The first kappa shape index (κ1) is 12.9. The smallest absolute Gasteiger partial charge is 0.336 e. The lowest BCUT2D eigenvalue weighted by molar-refractivity contribution is -0.393. The Bertz CT molecular complexity index is 451. The van der Waals surface area contributed by atoms with Crippen LogP contribution in [0.15, 0.2) is 6.07 Å². The van der Waals surface area contributed by atoms with Gasteiger partial charge in [0.25, 0.3) is 0 Å². The Morgan fingerprint density at radius 1 is 1.35 bits per heavy atom. The second-order valence-corrected chi connectivity index (χ2v) is 3.17. The van der Waals surface area contributed by atoms with Crippen LogP contribution in [-0.4, -0.2) is 17.0 Å². The van der Waals surface area contributed by atoms with Gasteiger partial charge in [0.15, 0.2) is 0 Å². The SMILES string of the molecule is COc1cc(NN)c([N+](=O)[O-])c(Cl)c1[N+](=O)[O-]. The van der Waals surface area contributed by atoms with Gasteiger partial charge in [-0.05, 0) is 0 Å². The average molecular weight is 263 g/mol. The summed E-state index contributed by atoms with van der Waals surface area (Å²) in [5.74, 6) is 4.85. The van der Waals surface area contributed by atoms with Gasteiger partial charge in [-0.3, -0.25) is 26.1 Å². The molecule has 0 aliphatic carbocycles. The Kier molecular flexibility index (Phi) is 3.66. The molecule has 0 radical (unpaired) electrons. The van der Waals surface area contributed by atoms with Gasteiger partial charge in [0.2, 0.25) is 10.8 Å². The summed E-state index contributed by atoms with van der Waals surface area (Å²) < 4.78 is 4.72. The van der Waals surface area contributed by atoms with E-state index in [9.17, 15) is 20.2 Å². The van der Waals surface area contributed by atoms with Crippen LogP contribution in [-0.2, 0) is 0 Å². The van der Waals surface area contributed by atoms with Gasteiger partial charge in [-0.25, -0.2) is 0 Å². The standard InChI is InChI=1S/C7H7ClN4O5/c1-17-4-2-3(10-9)6(11(13)14)5(8)7(4)12(15)16/h2,10H,9H2,1H3. The number of ether oxygens (including phenoxy) is 1. The third-order valence-electron chi connectivity index (χ3n) is 1.92. The predicted octanol–water partition coefficient (Wildman–Crippen LogP) is 1.45. The zero-order valence-corrected chi connectivity index (χ0v) is 9.22. The van der Waals surface area contributed by atoms with Gasteiger partial charge in [-0.15, -0.1) is 0 Å². The zero-order chi connectivity index (χ0) is 13.2. The number of nitrogens with zero attached hydrogens (tertiary/aromatic N) is 2. The minimum Gasteiger partial charge on any atom is -0.490 e. The van der Waals surface area contributed by atoms with Crippen LogP contribution in [0.2, 0.25) is 5.02 Å². The van der Waals surface area contributed by atoms with E-state index in [4.69, 9.17) is 22.2 Å². The Labute approximate surface area is 99.4 Å². The maximum absolute atomic E-state index is 10.7. The zero-order valence-electron chi connectivity index (χ0n) is 8.47. The second kappa shape index (κ2) is 4.80. The number of nitrogens with one attached hydrogen (secondary N) is 1. The van der Waals surface area contributed by atoms with E-state index in [1.807, 2.05) is 5.43 Å². The lowest BCUT2D eigenvalue weighted by atomic mass is 10.2. The van der Waals surface area contributed by atoms with Crippen molar-refractivity contribution in [2.24, 2.45) is 5.84 Å². The molecule has 1 rings (SSSR count). The summed E-state index contributed by atoms with van der Waals surface area (Å²) in [6, 6.07) is 1.03. The van der Waals surface area contributed by atoms with Crippen LogP contribution in [0.25, 0.3) is 0 Å². The number of hydrogen-bond donors (Lipinski definition) is 2. The molecule has 0 amide bonds. The number of hydrazine groups is 1. The van der Waals surface area contributed by atoms with Crippen molar-refractivity contribution in [3.8, 4) is 5.75 Å². The molecule has 0 fully saturated rings. The van der Waals surface area contributed by atoms with Crippen LogP contribution < -0.4 is 16.0 Å². The molecule has 0 bridgehead atoms. The number of nitrogen functional groups attached to an aromatic ring is 1. The topological polar surface area (TPSA) is 134 Å². The first-order chi connectivity index (χ1) is 7.93. The summed E-state index contributed by atoms with van der Waals surface area (Å²) in [6.07, 6.45) is 0. The molecular weight excluding hydrogens is 256 g/mol. The van der Waals surface area contributed by atoms with Crippen LogP contribution in [0.4, 0.5) is 17.1 Å². The highest BCUT2D eigenvalue weighted by Gasteiger charge is 2.32. The fraction of sp³-hybridized carbons (Fsp3) is 0.143. The fourth-order valence-electron chi connectivity index (χ4n) is 1.22. The minimum atomic E-state index is -0.871. The predicted molar refractivity (Wildman–Crippen MR) is 59.1 cm³/mol. The summed E-state index contributed by atoms with van der Waals surface area (Å²) in [5.41, 5.74) is 0.492. The first-order valence-corrected chi connectivity index (χ1v) is 4.47. The summed E-state index contributed by atoms with van der Waals surface area (Å²) in [5, 5.41) is 20.8. The number of methoxy groups -OCH3 is 1. The number of benzene rings is 1. The number of nitrogens with two attached hydrogens (primary N) is 1. The van der Waals surface area contributed by atoms with Crippen molar-refractivity contribution in [2.75, 3.05) is 12.5 Å². The van der Waals surface area contributed by atoms with Gasteiger partial charge < -0.3 is 10.2 Å². The molecule has 10 heteroatoms.